The molecule has 2 aliphatic heterocycles. The second kappa shape index (κ2) is 14.1. The van der Waals surface area contributed by atoms with E-state index in [0.29, 0.717) is 38.2 Å². The van der Waals surface area contributed by atoms with Crippen LogP contribution < -0.4 is 10.6 Å². The molecule has 1 aromatic heterocycles. The highest BCUT2D eigenvalue weighted by atomic mass is 16.5. The highest BCUT2D eigenvalue weighted by Crippen LogP contribution is 2.45. The van der Waals surface area contributed by atoms with Gasteiger partial charge < -0.3 is 25.2 Å². The topological polar surface area (TPSA) is 126 Å². The summed E-state index contributed by atoms with van der Waals surface area (Å²) in [6.45, 7) is 9.83. The first-order valence-corrected chi connectivity index (χ1v) is 16.2. The summed E-state index contributed by atoms with van der Waals surface area (Å²) in [5.74, 6) is -1.54. The second-order valence-electron chi connectivity index (χ2n) is 14.1. The van der Waals surface area contributed by atoms with Crippen LogP contribution in [0, 0.1) is 16.7 Å². The molecule has 1 spiro atoms. The molecule has 4 amide bonds. The molecule has 2 fully saturated rings. The van der Waals surface area contributed by atoms with Gasteiger partial charge in [-0.05, 0) is 23.5 Å². The summed E-state index contributed by atoms with van der Waals surface area (Å²) in [7, 11) is 1.52. The molecule has 2 aliphatic rings. The smallest absolute Gasteiger partial charge is 0.257 e. The maximum Gasteiger partial charge on any atom is 0.257 e. The van der Waals surface area contributed by atoms with Crippen LogP contribution in [0.3, 0.4) is 0 Å². The Morgan fingerprint density at radius 2 is 1.57 bits per heavy atom. The van der Waals surface area contributed by atoms with Crippen LogP contribution in [0.4, 0.5) is 0 Å². The molecule has 5 rings (SSSR count). The van der Waals surface area contributed by atoms with E-state index in [0.717, 1.165) is 11.1 Å². The summed E-state index contributed by atoms with van der Waals surface area (Å²) >= 11 is 0. The lowest BCUT2D eigenvalue weighted by Gasteiger charge is -2.51. The quantitative estimate of drug-likeness (QED) is 0.331. The molecule has 11 heteroatoms. The molecule has 3 atom stereocenters. The third kappa shape index (κ3) is 8.08. The van der Waals surface area contributed by atoms with E-state index in [4.69, 9.17) is 4.74 Å². The average Bonchev–Trinajstić information content (AvgIpc) is 3.67. The van der Waals surface area contributed by atoms with Gasteiger partial charge in [0.2, 0.25) is 17.7 Å². The van der Waals surface area contributed by atoms with Crippen LogP contribution in [0.15, 0.2) is 73.1 Å². The molecule has 11 nitrogen and oxygen atoms in total. The van der Waals surface area contributed by atoms with Crippen molar-refractivity contribution in [3.8, 4) is 0 Å². The molecule has 47 heavy (non-hydrogen) atoms. The highest BCUT2D eigenvalue weighted by molar-refractivity contribution is 5.95. The number of aromatic nitrogens is 2. The van der Waals surface area contributed by atoms with E-state index in [1.807, 2.05) is 81.4 Å². The molecule has 2 aromatic carbocycles. The van der Waals surface area contributed by atoms with E-state index >= 15 is 0 Å². The molecule has 3 heterocycles. The number of carbonyl (C=O) groups excluding carboxylic acids is 4. The number of hydrogen-bond donors (Lipinski definition) is 2. The van der Waals surface area contributed by atoms with Crippen LogP contribution in [0.2, 0.25) is 0 Å². The zero-order chi connectivity index (χ0) is 33.8. The third-order valence-electron chi connectivity index (χ3n) is 9.02. The van der Waals surface area contributed by atoms with Gasteiger partial charge in [-0.15, -0.1) is 0 Å². The number of benzene rings is 2. The molecule has 0 radical (unpaired) electrons. The van der Waals surface area contributed by atoms with Gasteiger partial charge >= 0.3 is 0 Å². The Morgan fingerprint density at radius 3 is 2.19 bits per heavy atom. The van der Waals surface area contributed by atoms with Crippen LogP contribution in [0.5, 0.6) is 0 Å². The predicted octanol–water partition coefficient (Wildman–Crippen LogP) is 3.10. The zero-order valence-corrected chi connectivity index (χ0v) is 27.9. The average molecular weight is 643 g/mol. The number of hydrogen-bond acceptors (Lipinski definition) is 6. The summed E-state index contributed by atoms with van der Waals surface area (Å²) in [6.07, 6.45) is 3.04. The number of likely N-dealkylation sites (N-methyl/N-ethyl adjacent to an activating group) is 1. The van der Waals surface area contributed by atoms with Gasteiger partial charge in [0.15, 0.2) is 0 Å². The molecular formula is C36H46N6O5. The van der Waals surface area contributed by atoms with Crippen LogP contribution >= 0.6 is 0 Å². The van der Waals surface area contributed by atoms with Gasteiger partial charge in [0.05, 0.1) is 36.9 Å². The predicted molar refractivity (Wildman–Crippen MR) is 177 cm³/mol. The van der Waals surface area contributed by atoms with Gasteiger partial charge in [-0.25, -0.2) is 0 Å². The minimum absolute atomic E-state index is 0.0282. The van der Waals surface area contributed by atoms with E-state index in [-0.39, 0.29) is 42.2 Å². The normalized spacial score (nSPS) is 18.4. The Morgan fingerprint density at radius 1 is 0.957 bits per heavy atom. The van der Waals surface area contributed by atoms with Gasteiger partial charge in [-0.1, -0.05) is 81.4 Å². The Labute approximate surface area is 276 Å². The Bertz CT molecular complexity index is 1560. The summed E-state index contributed by atoms with van der Waals surface area (Å²) < 4.78 is 7.75. The number of rotatable bonds is 11. The van der Waals surface area contributed by atoms with E-state index < -0.39 is 23.5 Å². The Kier molecular flexibility index (Phi) is 10.1. The van der Waals surface area contributed by atoms with Crippen molar-refractivity contribution in [2.24, 2.45) is 16.7 Å². The van der Waals surface area contributed by atoms with Crippen LogP contribution in [0.25, 0.3) is 0 Å². The summed E-state index contributed by atoms with van der Waals surface area (Å²) in [6, 6.07) is 18.5. The minimum Gasteiger partial charge on any atom is -0.371 e. The van der Waals surface area contributed by atoms with Crippen molar-refractivity contribution in [2.45, 2.75) is 59.4 Å². The van der Waals surface area contributed by atoms with Gasteiger partial charge in [0, 0.05) is 51.3 Å². The van der Waals surface area contributed by atoms with Crippen molar-refractivity contribution in [2.75, 3.05) is 33.2 Å². The molecule has 0 unspecified atom stereocenters. The number of nitrogens with zero attached hydrogens (tertiary/aromatic N) is 4. The molecule has 0 saturated carbocycles. The molecule has 250 valence electrons. The number of ether oxygens (including phenoxy) is 1. The maximum absolute atomic E-state index is 14.1. The van der Waals surface area contributed by atoms with Crippen LogP contribution in [0.1, 0.15) is 55.6 Å². The van der Waals surface area contributed by atoms with Crippen LogP contribution in [-0.4, -0.2) is 88.6 Å². The van der Waals surface area contributed by atoms with E-state index in [1.165, 1.54) is 7.05 Å². The lowest BCUT2D eigenvalue weighted by atomic mass is 9.70. The largest absolute Gasteiger partial charge is 0.371 e. The van der Waals surface area contributed by atoms with Crippen molar-refractivity contribution in [3.63, 3.8) is 0 Å². The van der Waals surface area contributed by atoms with Crippen molar-refractivity contribution < 1.29 is 23.9 Å². The van der Waals surface area contributed by atoms with Gasteiger partial charge in [-0.2, -0.15) is 5.10 Å². The van der Waals surface area contributed by atoms with Crippen LogP contribution in [-0.2, 0) is 32.3 Å². The summed E-state index contributed by atoms with van der Waals surface area (Å²) in [5, 5.41) is 9.99. The Balaban J connectivity index is 1.32. The number of nitrogens with one attached hydrogen (secondary N) is 2. The van der Waals surface area contributed by atoms with E-state index in [9.17, 15) is 19.2 Å². The zero-order valence-electron chi connectivity index (χ0n) is 27.9. The third-order valence-corrected chi connectivity index (χ3v) is 9.02. The number of amides is 4. The lowest BCUT2D eigenvalue weighted by molar-refractivity contribution is -0.152. The molecular weight excluding hydrogens is 596 g/mol. The van der Waals surface area contributed by atoms with Crippen molar-refractivity contribution in [1.82, 2.24) is 30.2 Å². The van der Waals surface area contributed by atoms with Crippen molar-refractivity contribution in [1.29, 1.82) is 0 Å². The molecule has 2 N–H and O–H groups in total. The monoisotopic (exact) mass is 642 g/mol. The number of likely N-dealkylation sites (tertiary alicyclic amines) is 2. The second-order valence-corrected chi connectivity index (χ2v) is 14.1. The van der Waals surface area contributed by atoms with E-state index in [1.54, 1.807) is 33.8 Å². The first kappa shape index (κ1) is 33.8. The maximum atomic E-state index is 14.1. The van der Waals surface area contributed by atoms with E-state index in [2.05, 4.69) is 15.7 Å². The van der Waals surface area contributed by atoms with Gasteiger partial charge in [0.25, 0.3) is 5.91 Å². The molecule has 0 bridgehead atoms. The summed E-state index contributed by atoms with van der Waals surface area (Å²) in [5.41, 5.74) is 1.64. The molecule has 3 aromatic rings. The highest BCUT2D eigenvalue weighted by Gasteiger charge is 2.59. The lowest BCUT2D eigenvalue weighted by Crippen LogP contribution is -2.65. The van der Waals surface area contributed by atoms with Gasteiger partial charge in [0.1, 0.15) is 6.04 Å². The SMILES string of the molecule is CNC(=O)[C@@H](NC(=O)[C@H]1CN(C(=O)c2cnn(Cc3ccccc3)c2)CC12CN(C(=O)CC(C)(C)C)C2)[C@@H](C)OCc1ccccc1. The minimum atomic E-state index is -0.951. The Hall–Kier alpha value is -4.51. The van der Waals surface area contributed by atoms with Gasteiger partial charge in [-0.3, -0.25) is 23.9 Å². The molecule has 0 aliphatic carbocycles. The first-order valence-electron chi connectivity index (χ1n) is 16.2. The standard InChI is InChI=1S/C36H46N6O5/c1-25(47-21-27-14-10-7-11-15-27)31(33(45)37-5)39-32(44)29-20-40(22-36(29)23-41(24-36)30(43)16-35(2,3)4)34(46)28-17-38-42(19-28)18-26-12-8-6-9-13-26/h6-15,17,19,25,29,31H,16,18,20-24H2,1-5H3,(H,37,45)(H,39,44)/t25-,29-,31+/m1/s1. The van der Waals surface area contributed by atoms with Crippen molar-refractivity contribution >= 4 is 23.6 Å². The molecule has 2 saturated heterocycles. The van der Waals surface area contributed by atoms with Crippen molar-refractivity contribution in [3.05, 3.63) is 89.7 Å². The first-order chi connectivity index (χ1) is 22.4. The fourth-order valence-corrected chi connectivity index (χ4v) is 6.48. The fraction of sp³-hybridized carbons (Fsp3) is 0.472. The number of carbonyl (C=O) groups is 4. The fourth-order valence-electron chi connectivity index (χ4n) is 6.48. The summed E-state index contributed by atoms with van der Waals surface area (Å²) in [4.78, 5) is 57.4.